The molecule has 1 aromatic carbocycles. The summed E-state index contributed by atoms with van der Waals surface area (Å²) in [6.07, 6.45) is 0.733. The number of aryl methyl sites for hydroxylation is 2. The number of ether oxygens (including phenoxy) is 1. The molecule has 0 aliphatic heterocycles. The fraction of sp³-hybridized carbons (Fsp3) is 0.533. The average Bonchev–Trinajstić information content (AvgIpc) is 3.10. The lowest BCUT2D eigenvalue weighted by molar-refractivity contribution is -0.138. The predicted octanol–water partition coefficient (Wildman–Crippen LogP) is 2.29. The lowest BCUT2D eigenvalue weighted by atomic mass is 9.95. The maximum absolute atomic E-state index is 11.1. The zero-order valence-corrected chi connectivity index (χ0v) is 11.9. The highest BCUT2D eigenvalue weighted by atomic mass is 16.5. The van der Waals surface area contributed by atoms with Crippen LogP contribution in [0.2, 0.25) is 0 Å². The van der Waals surface area contributed by atoms with Crippen molar-refractivity contribution in [3.8, 4) is 5.75 Å². The second-order valence-electron chi connectivity index (χ2n) is 5.31. The fourth-order valence-corrected chi connectivity index (χ4v) is 2.96. The van der Waals surface area contributed by atoms with Crippen molar-refractivity contribution in [2.45, 2.75) is 26.3 Å². The van der Waals surface area contributed by atoms with Crippen molar-refractivity contribution in [3.63, 3.8) is 0 Å². The standard InChI is InChI=1S/C15H21NO3/c1-8-5-9(2)14(19-4)12(6-8)13(16-3)10-7-11(10)15(17)18/h5-6,10-11,13,16H,7H2,1-4H3,(H,17,18). The summed E-state index contributed by atoms with van der Waals surface area (Å²) in [5, 5.41) is 12.3. The largest absolute Gasteiger partial charge is 0.496 e. The van der Waals surface area contributed by atoms with Crippen LogP contribution in [0.15, 0.2) is 12.1 Å². The van der Waals surface area contributed by atoms with Gasteiger partial charge in [-0.3, -0.25) is 4.79 Å². The van der Waals surface area contributed by atoms with Crippen LogP contribution < -0.4 is 10.1 Å². The van der Waals surface area contributed by atoms with Crippen LogP contribution >= 0.6 is 0 Å². The Morgan fingerprint density at radius 2 is 2.16 bits per heavy atom. The number of methoxy groups -OCH3 is 1. The lowest BCUT2D eigenvalue weighted by Gasteiger charge is -2.21. The van der Waals surface area contributed by atoms with Gasteiger partial charge in [0.25, 0.3) is 0 Å². The van der Waals surface area contributed by atoms with E-state index in [1.807, 2.05) is 20.9 Å². The smallest absolute Gasteiger partial charge is 0.306 e. The van der Waals surface area contributed by atoms with Crippen molar-refractivity contribution in [2.24, 2.45) is 11.8 Å². The quantitative estimate of drug-likeness (QED) is 0.855. The number of nitrogens with one attached hydrogen (secondary N) is 1. The zero-order valence-electron chi connectivity index (χ0n) is 11.9. The van der Waals surface area contributed by atoms with Crippen LogP contribution in [0.4, 0.5) is 0 Å². The molecule has 1 aliphatic rings. The molecule has 0 aromatic heterocycles. The van der Waals surface area contributed by atoms with Crippen molar-refractivity contribution in [2.75, 3.05) is 14.2 Å². The Balaban J connectivity index is 2.36. The van der Waals surface area contributed by atoms with Crippen LogP contribution in [-0.4, -0.2) is 25.2 Å². The number of hydrogen-bond acceptors (Lipinski definition) is 3. The number of rotatable bonds is 5. The molecule has 2 N–H and O–H groups in total. The van der Waals surface area contributed by atoms with Gasteiger partial charge in [0.05, 0.1) is 13.0 Å². The second kappa shape index (κ2) is 5.21. The summed E-state index contributed by atoms with van der Waals surface area (Å²) in [7, 11) is 3.54. The van der Waals surface area contributed by atoms with Gasteiger partial charge in [-0.15, -0.1) is 0 Å². The Bertz CT molecular complexity index is 498. The molecule has 0 bridgehead atoms. The molecule has 0 radical (unpaired) electrons. The van der Waals surface area contributed by atoms with Gasteiger partial charge in [-0.1, -0.05) is 17.7 Å². The van der Waals surface area contributed by atoms with Gasteiger partial charge < -0.3 is 15.2 Å². The maximum Gasteiger partial charge on any atom is 0.306 e. The minimum atomic E-state index is -0.700. The summed E-state index contributed by atoms with van der Waals surface area (Å²) >= 11 is 0. The normalized spacial score (nSPS) is 22.9. The highest BCUT2D eigenvalue weighted by molar-refractivity contribution is 5.73. The van der Waals surface area contributed by atoms with E-state index >= 15 is 0 Å². The molecule has 1 fully saturated rings. The van der Waals surface area contributed by atoms with E-state index in [-0.39, 0.29) is 17.9 Å². The molecule has 3 atom stereocenters. The van der Waals surface area contributed by atoms with Gasteiger partial charge in [0.2, 0.25) is 0 Å². The molecular weight excluding hydrogens is 242 g/mol. The first-order valence-electron chi connectivity index (χ1n) is 6.54. The molecule has 104 valence electrons. The summed E-state index contributed by atoms with van der Waals surface area (Å²) in [5.74, 6) is 0.0788. The number of aliphatic carboxylic acids is 1. The molecule has 19 heavy (non-hydrogen) atoms. The Labute approximate surface area is 113 Å². The molecule has 3 unspecified atom stereocenters. The first-order chi connectivity index (χ1) is 8.99. The zero-order chi connectivity index (χ0) is 14.2. The van der Waals surface area contributed by atoms with Crippen LogP contribution in [0.1, 0.15) is 29.2 Å². The third-order valence-corrected chi connectivity index (χ3v) is 3.88. The van der Waals surface area contributed by atoms with Gasteiger partial charge in [-0.05, 0) is 38.8 Å². The Morgan fingerprint density at radius 3 is 2.63 bits per heavy atom. The summed E-state index contributed by atoms with van der Waals surface area (Å²) in [4.78, 5) is 11.1. The van der Waals surface area contributed by atoms with Gasteiger partial charge in [0, 0.05) is 11.6 Å². The summed E-state index contributed by atoms with van der Waals surface area (Å²) in [6.45, 7) is 4.06. The van der Waals surface area contributed by atoms with Gasteiger partial charge in [0.1, 0.15) is 5.75 Å². The number of hydrogen-bond donors (Lipinski definition) is 2. The van der Waals surface area contributed by atoms with Crippen molar-refractivity contribution in [3.05, 3.63) is 28.8 Å². The second-order valence-corrected chi connectivity index (χ2v) is 5.31. The van der Waals surface area contributed by atoms with Crippen molar-refractivity contribution in [1.29, 1.82) is 0 Å². The predicted molar refractivity (Wildman–Crippen MR) is 73.5 cm³/mol. The molecule has 0 amide bonds. The summed E-state index contributed by atoms with van der Waals surface area (Å²) in [6, 6.07) is 4.20. The van der Waals surface area contributed by atoms with Crippen molar-refractivity contribution < 1.29 is 14.6 Å². The van der Waals surface area contributed by atoms with Crippen molar-refractivity contribution >= 4 is 5.97 Å². The van der Waals surface area contributed by atoms with Crippen LogP contribution in [0, 0.1) is 25.7 Å². The van der Waals surface area contributed by atoms with Crippen LogP contribution in [0.5, 0.6) is 5.75 Å². The molecule has 4 nitrogen and oxygen atoms in total. The third-order valence-electron chi connectivity index (χ3n) is 3.88. The van der Waals surface area contributed by atoms with E-state index in [2.05, 4.69) is 17.4 Å². The topological polar surface area (TPSA) is 58.6 Å². The van der Waals surface area contributed by atoms with E-state index in [1.165, 1.54) is 5.56 Å². The average molecular weight is 263 g/mol. The SMILES string of the molecule is CNC(c1cc(C)cc(C)c1OC)C1CC1C(=O)O. The van der Waals surface area contributed by atoms with E-state index in [0.29, 0.717) is 0 Å². The van der Waals surface area contributed by atoms with E-state index in [1.54, 1.807) is 7.11 Å². The summed E-state index contributed by atoms with van der Waals surface area (Å²) < 4.78 is 5.50. The minimum absolute atomic E-state index is 0.0367. The Morgan fingerprint density at radius 1 is 1.47 bits per heavy atom. The number of carboxylic acid groups (broad SMARTS) is 1. The maximum atomic E-state index is 11.1. The third kappa shape index (κ3) is 2.59. The molecule has 1 aromatic rings. The number of carbonyl (C=O) groups is 1. The number of carboxylic acids is 1. The number of benzene rings is 1. The van der Waals surface area contributed by atoms with Crippen molar-refractivity contribution in [1.82, 2.24) is 5.32 Å². The molecule has 0 heterocycles. The molecule has 2 rings (SSSR count). The molecule has 1 aliphatic carbocycles. The first kappa shape index (κ1) is 13.9. The highest BCUT2D eigenvalue weighted by Crippen LogP contribution is 2.49. The van der Waals surface area contributed by atoms with Crippen LogP contribution in [0.3, 0.4) is 0 Å². The van der Waals surface area contributed by atoms with Crippen LogP contribution in [0.25, 0.3) is 0 Å². The van der Waals surface area contributed by atoms with Gasteiger partial charge in [0.15, 0.2) is 0 Å². The monoisotopic (exact) mass is 263 g/mol. The van der Waals surface area contributed by atoms with E-state index < -0.39 is 5.97 Å². The van der Waals surface area contributed by atoms with Gasteiger partial charge in [-0.2, -0.15) is 0 Å². The van der Waals surface area contributed by atoms with E-state index in [4.69, 9.17) is 9.84 Å². The Hall–Kier alpha value is -1.55. The van der Waals surface area contributed by atoms with E-state index in [9.17, 15) is 4.79 Å². The van der Waals surface area contributed by atoms with Crippen LogP contribution in [-0.2, 0) is 4.79 Å². The first-order valence-corrected chi connectivity index (χ1v) is 6.54. The molecule has 0 saturated heterocycles. The molecule has 0 spiro atoms. The molecule has 1 saturated carbocycles. The minimum Gasteiger partial charge on any atom is -0.496 e. The van der Waals surface area contributed by atoms with Gasteiger partial charge in [-0.25, -0.2) is 0 Å². The summed E-state index contributed by atoms with van der Waals surface area (Å²) in [5.41, 5.74) is 3.32. The molecule has 4 heteroatoms. The van der Waals surface area contributed by atoms with Gasteiger partial charge >= 0.3 is 5.97 Å². The highest BCUT2D eigenvalue weighted by Gasteiger charge is 2.48. The Kier molecular flexibility index (Phi) is 3.80. The lowest BCUT2D eigenvalue weighted by Crippen LogP contribution is -2.21. The molecular formula is C15H21NO3. The fourth-order valence-electron chi connectivity index (χ4n) is 2.96. The van der Waals surface area contributed by atoms with E-state index in [0.717, 1.165) is 23.3 Å².